The van der Waals surface area contributed by atoms with E-state index in [1.165, 1.54) is 0 Å². The van der Waals surface area contributed by atoms with Crippen molar-refractivity contribution in [3.63, 3.8) is 0 Å². The molecule has 2 unspecified atom stereocenters. The van der Waals surface area contributed by atoms with Crippen molar-refractivity contribution in [2.24, 2.45) is 5.92 Å². The number of allylic oxidation sites excluding steroid dienone is 1. The summed E-state index contributed by atoms with van der Waals surface area (Å²) in [5.41, 5.74) is 1.60. The van der Waals surface area contributed by atoms with Crippen LogP contribution in [0.4, 0.5) is 0 Å². The third kappa shape index (κ3) is 1.05. The molecule has 1 amide bonds. The first kappa shape index (κ1) is 8.81. The van der Waals surface area contributed by atoms with E-state index in [0.717, 1.165) is 23.3 Å². The van der Waals surface area contributed by atoms with Crippen molar-refractivity contribution >= 4 is 24.0 Å². The molecule has 0 aromatic rings. The molecule has 70 valence electrons. The minimum Gasteiger partial charge on any atom is -0.302 e. The maximum atomic E-state index is 11.4. The summed E-state index contributed by atoms with van der Waals surface area (Å²) >= 11 is 1.68. The number of carbonyl (C=O) groups excluding carboxylic acids is 2. The maximum Gasteiger partial charge on any atom is 0.233 e. The second-order valence-corrected chi connectivity index (χ2v) is 4.53. The Kier molecular flexibility index (Phi) is 1.95. The molecule has 2 aliphatic heterocycles. The van der Waals surface area contributed by atoms with Crippen molar-refractivity contribution in [1.82, 2.24) is 4.90 Å². The molecule has 0 aromatic heterocycles. The van der Waals surface area contributed by atoms with Crippen LogP contribution >= 0.6 is 11.8 Å². The number of aldehydes is 1. The number of thioether (sulfide) groups is 1. The van der Waals surface area contributed by atoms with Gasteiger partial charge in [0.05, 0.1) is 11.3 Å². The van der Waals surface area contributed by atoms with Gasteiger partial charge >= 0.3 is 0 Å². The van der Waals surface area contributed by atoms with Crippen LogP contribution in [0.2, 0.25) is 0 Å². The summed E-state index contributed by atoms with van der Waals surface area (Å²) in [5, 5.41) is 0.274. The molecule has 13 heavy (non-hydrogen) atoms. The van der Waals surface area contributed by atoms with E-state index in [0.29, 0.717) is 0 Å². The normalized spacial score (nSPS) is 32.8. The number of amides is 1. The van der Waals surface area contributed by atoms with E-state index in [4.69, 9.17) is 0 Å². The Morgan fingerprint density at radius 3 is 2.92 bits per heavy atom. The van der Waals surface area contributed by atoms with Gasteiger partial charge < -0.3 is 4.90 Å². The highest BCUT2D eigenvalue weighted by Crippen LogP contribution is 2.42. The molecule has 1 saturated heterocycles. The van der Waals surface area contributed by atoms with Crippen LogP contribution in [0.1, 0.15) is 13.8 Å². The zero-order valence-corrected chi connectivity index (χ0v) is 8.43. The lowest BCUT2D eigenvalue weighted by molar-refractivity contribution is -0.145. The Morgan fingerprint density at radius 1 is 1.62 bits per heavy atom. The number of rotatable bonds is 1. The average Bonchev–Trinajstić information content (AvgIpc) is 2.16. The first-order valence-electron chi connectivity index (χ1n) is 4.26. The minimum absolute atomic E-state index is 0.119. The second kappa shape index (κ2) is 2.87. The van der Waals surface area contributed by atoms with E-state index in [1.807, 2.05) is 13.8 Å². The van der Waals surface area contributed by atoms with Gasteiger partial charge in [0.1, 0.15) is 6.29 Å². The van der Waals surface area contributed by atoms with E-state index in [9.17, 15) is 9.59 Å². The van der Waals surface area contributed by atoms with Crippen LogP contribution in [0.3, 0.4) is 0 Å². The van der Waals surface area contributed by atoms with Gasteiger partial charge in [0.15, 0.2) is 0 Å². The molecule has 0 bridgehead atoms. The van der Waals surface area contributed by atoms with Crippen molar-refractivity contribution in [3.8, 4) is 0 Å². The lowest BCUT2D eigenvalue weighted by Gasteiger charge is -2.48. The molecule has 0 radical (unpaired) electrons. The predicted octanol–water partition coefficient (Wildman–Crippen LogP) is 1.01. The molecule has 0 saturated carbocycles. The summed E-state index contributed by atoms with van der Waals surface area (Å²) in [6.45, 7) is 3.79. The Labute approximate surface area is 81.2 Å². The molecular formula is C9H11NO2S. The van der Waals surface area contributed by atoms with Gasteiger partial charge in [0.2, 0.25) is 5.91 Å². The third-order valence-electron chi connectivity index (χ3n) is 2.69. The summed E-state index contributed by atoms with van der Waals surface area (Å²) in [4.78, 5) is 23.8. The van der Waals surface area contributed by atoms with Crippen LogP contribution in [0.25, 0.3) is 0 Å². The van der Waals surface area contributed by atoms with E-state index in [2.05, 4.69) is 0 Å². The van der Waals surface area contributed by atoms with Gasteiger partial charge in [-0.3, -0.25) is 9.59 Å². The van der Waals surface area contributed by atoms with E-state index >= 15 is 0 Å². The number of hydrogen-bond acceptors (Lipinski definition) is 3. The fourth-order valence-electron chi connectivity index (χ4n) is 1.74. The Bertz CT molecular complexity index is 311. The van der Waals surface area contributed by atoms with Crippen LogP contribution in [-0.4, -0.2) is 28.2 Å². The van der Waals surface area contributed by atoms with Crippen LogP contribution in [0, 0.1) is 5.92 Å². The number of hydrogen-bond donors (Lipinski definition) is 0. The minimum atomic E-state index is 0.119. The van der Waals surface area contributed by atoms with Crippen molar-refractivity contribution in [1.29, 1.82) is 0 Å². The van der Waals surface area contributed by atoms with Crippen molar-refractivity contribution in [2.45, 2.75) is 19.2 Å². The molecule has 3 nitrogen and oxygen atoms in total. The van der Waals surface area contributed by atoms with Crippen molar-refractivity contribution in [2.75, 3.05) is 5.75 Å². The smallest absolute Gasteiger partial charge is 0.233 e. The zero-order valence-electron chi connectivity index (χ0n) is 7.61. The quantitative estimate of drug-likeness (QED) is 0.465. The molecular weight excluding hydrogens is 186 g/mol. The van der Waals surface area contributed by atoms with Gasteiger partial charge in [-0.05, 0) is 6.92 Å². The first-order valence-corrected chi connectivity index (χ1v) is 5.31. The summed E-state index contributed by atoms with van der Waals surface area (Å²) in [5.74, 6) is 1.01. The predicted molar refractivity (Wildman–Crippen MR) is 51.0 cm³/mol. The fraction of sp³-hybridized carbons (Fsp3) is 0.556. The first-order chi connectivity index (χ1) is 6.16. The van der Waals surface area contributed by atoms with Crippen LogP contribution in [-0.2, 0) is 9.59 Å². The van der Waals surface area contributed by atoms with Gasteiger partial charge in [-0.2, -0.15) is 0 Å². The summed E-state index contributed by atoms with van der Waals surface area (Å²) < 4.78 is 0. The summed E-state index contributed by atoms with van der Waals surface area (Å²) in [6.07, 6.45) is 0.856. The Morgan fingerprint density at radius 2 is 2.31 bits per heavy atom. The van der Waals surface area contributed by atoms with E-state index in [-0.39, 0.29) is 17.2 Å². The number of β-lactam (4-membered cyclic amide) rings is 1. The zero-order chi connectivity index (χ0) is 9.59. The highest BCUT2D eigenvalue weighted by atomic mass is 32.2. The van der Waals surface area contributed by atoms with Crippen LogP contribution < -0.4 is 0 Å². The number of nitrogens with zero attached hydrogens (tertiary/aromatic N) is 1. The molecule has 1 fully saturated rings. The van der Waals surface area contributed by atoms with Crippen molar-refractivity contribution in [3.05, 3.63) is 11.3 Å². The third-order valence-corrected chi connectivity index (χ3v) is 4.13. The average molecular weight is 197 g/mol. The Hall–Kier alpha value is -0.770. The SMILES string of the molecule is CC1=C(C=O)CSC2C(C)C(=O)N12. The second-order valence-electron chi connectivity index (χ2n) is 3.43. The van der Waals surface area contributed by atoms with Crippen LogP contribution in [0.15, 0.2) is 11.3 Å². The molecule has 0 N–H and O–H groups in total. The molecule has 0 spiro atoms. The molecule has 2 heterocycles. The molecule has 2 atom stereocenters. The summed E-state index contributed by atoms with van der Waals surface area (Å²) in [6, 6.07) is 0. The van der Waals surface area contributed by atoms with Crippen LogP contribution in [0.5, 0.6) is 0 Å². The lowest BCUT2D eigenvalue weighted by atomic mass is 9.98. The molecule has 2 aliphatic rings. The van der Waals surface area contributed by atoms with Gasteiger partial charge in [0, 0.05) is 17.0 Å². The fourth-order valence-corrected chi connectivity index (χ4v) is 3.18. The van der Waals surface area contributed by atoms with Gasteiger partial charge in [-0.15, -0.1) is 11.8 Å². The topological polar surface area (TPSA) is 37.4 Å². The number of carbonyl (C=O) groups is 2. The van der Waals surface area contributed by atoms with Crippen molar-refractivity contribution < 1.29 is 9.59 Å². The monoisotopic (exact) mass is 197 g/mol. The van der Waals surface area contributed by atoms with Gasteiger partial charge in [0.25, 0.3) is 0 Å². The molecule has 0 aliphatic carbocycles. The van der Waals surface area contributed by atoms with E-state index in [1.54, 1.807) is 16.7 Å². The highest BCUT2D eigenvalue weighted by Gasteiger charge is 2.47. The standard InChI is InChI=1S/C9H11NO2S/c1-5-8(12)10-6(2)7(3-11)4-13-9(5)10/h3,5,9H,4H2,1-2H3. The summed E-state index contributed by atoms with van der Waals surface area (Å²) in [7, 11) is 0. The van der Waals surface area contributed by atoms with Gasteiger partial charge in [-0.25, -0.2) is 0 Å². The molecule has 2 rings (SSSR count). The molecule has 4 heteroatoms. The maximum absolute atomic E-state index is 11.4. The Balaban J connectivity index is 2.31. The largest absolute Gasteiger partial charge is 0.302 e. The van der Waals surface area contributed by atoms with E-state index < -0.39 is 0 Å². The number of fused-ring (bicyclic) bond motifs is 1. The molecule has 0 aromatic carbocycles. The lowest BCUT2D eigenvalue weighted by Crippen LogP contribution is -2.58. The van der Waals surface area contributed by atoms with Gasteiger partial charge in [-0.1, -0.05) is 6.92 Å². The highest BCUT2D eigenvalue weighted by molar-refractivity contribution is 8.00.